The fourth-order valence-corrected chi connectivity index (χ4v) is 3.64. The Balaban J connectivity index is 2.66. The van der Waals surface area contributed by atoms with Crippen molar-refractivity contribution in [3.63, 3.8) is 0 Å². The summed E-state index contributed by atoms with van der Waals surface area (Å²) in [5, 5.41) is 21.6. The zero-order chi connectivity index (χ0) is 15.9. The number of aliphatic hydroxyl groups is 1. The number of carbonyl (C=O) groups is 2. The van der Waals surface area contributed by atoms with Gasteiger partial charge in [-0.25, -0.2) is 0 Å². The van der Waals surface area contributed by atoms with E-state index in [1.54, 1.807) is 0 Å². The maximum absolute atomic E-state index is 12.2. The van der Waals surface area contributed by atoms with E-state index in [-0.39, 0.29) is 30.2 Å². The molecule has 3 N–H and O–H groups in total. The van der Waals surface area contributed by atoms with E-state index in [4.69, 9.17) is 0 Å². The molecule has 0 bridgehead atoms. The highest BCUT2D eigenvalue weighted by Crippen LogP contribution is 2.38. The molecule has 122 valence electrons. The van der Waals surface area contributed by atoms with Gasteiger partial charge in [0, 0.05) is 17.7 Å². The summed E-state index contributed by atoms with van der Waals surface area (Å²) in [5.74, 6) is -1.07. The summed E-state index contributed by atoms with van der Waals surface area (Å²) in [6.07, 6.45) is 6.93. The van der Waals surface area contributed by atoms with Crippen molar-refractivity contribution in [2.75, 3.05) is 12.9 Å². The van der Waals surface area contributed by atoms with Crippen LogP contribution in [0.4, 0.5) is 0 Å². The number of nitrogens with one attached hydrogen (secondary N) is 1. The lowest BCUT2D eigenvalue weighted by Gasteiger charge is -2.29. The topological polar surface area (TPSA) is 86.6 Å². The van der Waals surface area contributed by atoms with Gasteiger partial charge in [-0.2, -0.15) is 11.8 Å². The minimum Gasteiger partial charge on any atom is -0.481 e. The van der Waals surface area contributed by atoms with Gasteiger partial charge >= 0.3 is 5.97 Å². The van der Waals surface area contributed by atoms with Crippen molar-refractivity contribution in [2.24, 2.45) is 5.41 Å². The fourth-order valence-electron chi connectivity index (χ4n) is 3.01. The van der Waals surface area contributed by atoms with Gasteiger partial charge in [0.15, 0.2) is 0 Å². The number of carboxylic acid groups (broad SMARTS) is 1. The van der Waals surface area contributed by atoms with E-state index in [1.165, 1.54) is 11.8 Å². The predicted molar refractivity (Wildman–Crippen MR) is 84.4 cm³/mol. The molecule has 1 aliphatic carbocycles. The van der Waals surface area contributed by atoms with Gasteiger partial charge in [-0.15, -0.1) is 0 Å². The average molecular weight is 317 g/mol. The highest BCUT2D eigenvalue weighted by atomic mass is 32.2. The van der Waals surface area contributed by atoms with Crippen molar-refractivity contribution in [3.05, 3.63) is 0 Å². The van der Waals surface area contributed by atoms with Crippen LogP contribution in [0.3, 0.4) is 0 Å². The Bertz CT molecular complexity index is 350. The second-order valence-electron chi connectivity index (χ2n) is 5.99. The first-order valence-electron chi connectivity index (χ1n) is 7.61. The third-order valence-corrected chi connectivity index (χ3v) is 5.61. The fraction of sp³-hybridized carbons (Fsp3) is 0.867. The molecule has 1 rings (SSSR count). The number of thioether (sulfide) groups is 1. The summed E-state index contributed by atoms with van der Waals surface area (Å²) < 4.78 is 0. The Labute approximate surface area is 130 Å². The molecule has 0 radical (unpaired) electrons. The molecular formula is C15H27NO4S. The lowest BCUT2D eigenvalue weighted by atomic mass is 9.77. The van der Waals surface area contributed by atoms with E-state index >= 15 is 0 Å². The van der Waals surface area contributed by atoms with Crippen LogP contribution in [0.5, 0.6) is 0 Å². The van der Waals surface area contributed by atoms with Gasteiger partial charge in [0.2, 0.25) is 5.91 Å². The summed E-state index contributed by atoms with van der Waals surface area (Å²) in [5.41, 5.74) is -0.908. The number of amides is 1. The number of carboxylic acids is 1. The summed E-state index contributed by atoms with van der Waals surface area (Å²) in [7, 11) is 0. The van der Waals surface area contributed by atoms with Gasteiger partial charge in [-0.3, -0.25) is 9.59 Å². The molecule has 0 saturated heterocycles. The van der Waals surface area contributed by atoms with Gasteiger partial charge in [0.1, 0.15) is 0 Å². The number of aliphatic carboxylic acids is 1. The van der Waals surface area contributed by atoms with Crippen LogP contribution in [0.2, 0.25) is 0 Å². The lowest BCUT2D eigenvalue weighted by molar-refractivity contribution is -0.153. The van der Waals surface area contributed by atoms with Crippen LogP contribution in [0.1, 0.15) is 51.9 Å². The number of rotatable bonds is 7. The molecule has 5 nitrogen and oxygen atoms in total. The summed E-state index contributed by atoms with van der Waals surface area (Å²) in [6.45, 7) is 1.84. The first kappa shape index (κ1) is 18.3. The van der Waals surface area contributed by atoms with Crippen molar-refractivity contribution in [3.8, 4) is 0 Å². The molecule has 2 unspecified atom stereocenters. The molecule has 21 heavy (non-hydrogen) atoms. The molecule has 1 aliphatic rings. The van der Waals surface area contributed by atoms with E-state index in [0.717, 1.165) is 25.7 Å². The lowest BCUT2D eigenvalue weighted by Crippen LogP contribution is -2.44. The maximum atomic E-state index is 12.2. The molecule has 0 aromatic rings. The number of hydrogen-bond donors (Lipinski definition) is 3. The van der Waals surface area contributed by atoms with Crippen LogP contribution in [0.25, 0.3) is 0 Å². The summed E-state index contributed by atoms with van der Waals surface area (Å²) >= 11 is 1.49. The van der Waals surface area contributed by atoms with E-state index in [2.05, 4.69) is 5.32 Å². The zero-order valence-corrected chi connectivity index (χ0v) is 13.7. The second-order valence-corrected chi connectivity index (χ2v) is 7.07. The highest BCUT2D eigenvalue weighted by molar-refractivity contribution is 7.99. The first-order chi connectivity index (χ1) is 9.95. The van der Waals surface area contributed by atoms with E-state index in [1.807, 2.05) is 13.2 Å². The molecular weight excluding hydrogens is 290 g/mol. The summed E-state index contributed by atoms with van der Waals surface area (Å²) in [6, 6.07) is -0.172. The molecule has 0 heterocycles. The molecule has 0 aromatic carbocycles. The van der Waals surface area contributed by atoms with Crippen LogP contribution in [0.15, 0.2) is 0 Å². The third-order valence-electron chi connectivity index (χ3n) is 4.44. The standard InChI is InChI=1S/C15H27NO4S/c1-11(12(10-17)21-2)16-13(18)9-15(14(19)20)7-5-3-4-6-8-15/h11-12,17H,3-10H2,1-2H3,(H,16,18)(H,19,20). The Kier molecular flexibility index (Phi) is 7.52. The number of hydrogen-bond acceptors (Lipinski definition) is 4. The van der Waals surface area contributed by atoms with Crippen LogP contribution >= 0.6 is 11.8 Å². The van der Waals surface area contributed by atoms with Crippen molar-refractivity contribution in [1.82, 2.24) is 5.32 Å². The zero-order valence-electron chi connectivity index (χ0n) is 12.9. The van der Waals surface area contributed by atoms with E-state index in [0.29, 0.717) is 12.8 Å². The van der Waals surface area contributed by atoms with Gasteiger partial charge in [-0.05, 0) is 26.0 Å². The van der Waals surface area contributed by atoms with Crippen molar-refractivity contribution in [2.45, 2.75) is 63.2 Å². The normalized spacial score (nSPS) is 21.1. The van der Waals surface area contributed by atoms with E-state index in [9.17, 15) is 19.8 Å². The van der Waals surface area contributed by atoms with E-state index < -0.39 is 11.4 Å². The van der Waals surface area contributed by atoms with Crippen LogP contribution < -0.4 is 5.32 Å². The molecule has 6 heteroatoms. The summed E-state index contributed by atoms with van der Waals surface area (Å²) in [4.78, 5) is 23.9. The molecule has 1 fully saturated rings. The monoisotopic (exact) mass is 317 g/mol. The molecule has 1 saturated carbocycles. The van der Waals surface area contributed by atoms with Crippen molar-refractivity contribution < 1.29 is 19.8 Å². The largest absolute Gasteiger partial charge is 0.481 e. The Morgan fingerprint density at radius 2 is 1.81 bits per heavy atom. The van der Waals surface area contributed by atoms with Crippen LogP contribution in [-0.2, 0) is 9.59 Å². The Hall–Kier alpha value is -0.750. The van der Waals surface area contributed by atoms with Gasteiger partial charge in [0.25, 0.3) is 0 Å². The minimum absolute atomic E-state index is 0.00726. The Morgan fingerprint density at radius 1 is 1.24 bits per heavy atom. The van der Waals surface area contributed by atoms with Gasteiger partial charge in [0.05, 0.1) is 12.0 Å². The Morgan fingerprint density at radius 3 is 2.24 bits per heavy atom. The molecule has 0 aromatic heterocycles. The predicted octanol–water partition coefficient (Wildman–Crippen LogP) is 2.03. The molecule has 0 spiro atoms. The minimum atomic E-state index is -0.908. The number of aliphatic hydroxyl groups excluding tert-OH is 1. The quantitative estimate of drug-likeness (QED) is 0.626. The third kappa shape index (κ3) is 5.18. The smallest absolute Gasteiger partial charge is 0.310 e. The maximum Gasteiger partial charge on any atom is 0.310 e. The molecule has 2 atom stereocenters. The average Bonchev–Trinajstić information content (AvgIpc) is 2.66. The first-order valence-corrected chi connectivity index (χ1v) is 8.90. The number of carbonyl (C=O) groups excluding carboxylic acids is 1. The molecule has 1 amide bonds. The molecule has 0 aliphatic heterocycles. The second kappa shape index (κ2) is 8.63. The van der Waals surface area contributed by atoms with Gasteiger partial charge < -0.3 is 15.5 Å². The SMILES string of the molecule is CSC(CO)C(C)NC(=O)CC1(C(=O)O)CCCCCC1. The van der Waals surface area contributed by atoms with Crippen molar-refractivity contribution >= 4 is 23.6 Å². The van der Waals surface area contributed by atoms with Gasteiger partial charge in [-0.1, -0.05) is 25.7 Å². The van der Waals surface area contributed by atoms with Crippen molar-refractivity contribution in [1.29, 1.82) is 0 Å². The highest BCUT2D eigenvalue weighted by Gasteiger charge is 2.40. The van der Waals surface area contributed by atoms with Crippen LogP contribution in [0, 0.1) is 5.41 Å². The van der Waals surface area contributed by atoms with Crippen LogP contribution in [-0.4, -0.2) is 46.2 Å².